The summed E-state index contributed by atoms with van der Waals surface area (Å²) >= 11 is 1.53. The number of benzene rings is 2. The summed E-state index contributed by atoms with van der Waals surface area (Å²) in [5, 5.41) is 22.4. The number of carbonyl (C=O) groups is 4. The van der Waals surface area contributed by atoms with Crippen LogP contribution in [0.15, 0.2) is 84.4 Å². The monoisotopic (exact) mass is 826 g/mol. The summed E-state index contributed by atoms with van der Waals surface area (Å²) in [6, 6.07) is 20.0. The van der Waals surface area contributed by atoms with Gasteiger partial charge in [-0.05, 0) is 47.4 Å². The van der Waals surface area contributed by atoms with Crippen molar-refractivity contribution in [3.05, 3.63) is 106 Å². The summed E-state index contributed by atoms with van der Waals surface area (Å²) < 4.78 is 4.83. The minimum atomic E-state index is -1.21. The number of hydrogen-bond acceptors (Lipinski definition) is 10. The SMILES string of the molecule is COC(=O)N[C@H](C(=O)NN(Cc1ccc(-c2ccccn2)cc1)C[C@H](O)[C@@H](Cc1ccccc1)NC(=O)[C@@H](N1CCN(Cc2csc(C)n2)C1=O)C(C)(C)C)C(C)(C)C. The summed E-state index contributed by atoms with van der Waals surface area (Å²) in [5.74, 6) is -0.908. The fourth-order valence-corrected chi connectivity index (χ4v) is 7.79. The molecular weight excluding hydrogens is 769 g/mol. The molecule has 1 aliphatic rings. The molecule has 1 saturated heterocycles. The molecule has 0 spiro atoms. The maximum atomic E-state index is 14.5. The number of pyridine rings is 1. The Bertz CT molecular complexity index is 2020. The van der Waals surface area contributed by atoms with Crippen molar-refractivity contribution in [3.63, 3.8) is 0 Å². The molecule has 0 saturated carbocycles. The van der Waals surface area contributed by atoms with Crippen molar-refractivity contribution in [2.45, 2.75) is 92.2 Å². The first-order valence-electron chi connectivity index (χ1n) is 19.8. The summed E-state index contributed by atoms with van der Waals surface area (Å²) in [7, 11) is 1.23. The van der Waals surface area contributed by atoms with E-state index in [-0.39, 0.29) is 25.5 Å². The number of nitrogens with zero attached hydrogens (tertiary/aromatic N) is 5. The van der Waals surface area contributed by atoms with Crippen molar-refractivity contribution in [2.24, 2.45) is 10.8 Å². The number of thiazole rings is 1. The topological polar surface area (TPSA) is 169 Å². The van der Waals surface area contributed by atoms with Crippen LogP contribution in [0, 0.1) is 17.8 Å². The molecule has 0 aliphatic carbocycles. The Morgan fingerprint density at radius 1 is 0.898 bits per heavy atom. The van der Waals surface area contributed by atoms with Gasteiger partial charge in [-0.25, -0.2) is 19.6 Å². The van der Waals surface area contributed by atoms with Crippen molar-refractivity contribution >= 4 is 35.3 Å². The van der Waals surface area contributed by atoms with Crippen LogP contribution in [0.4, 0.5) is 9.59 Å². The van der Waals surface area contributed by atoms with Crippen LogP contribution in [0.25, 0.3) is 11.3 Å². The summed E-state index contributed by atoms with van der Waals surface area (Å²) in [5.41, 5.74) is 5.82. The summed E-state index contributed by atoms with van der Waals surface area (Å²) in [6.45, 7) is 14.4. The third-order valence-electron chi connectivity index (χ3n) is 10.2. The van der Waals surface area contributed by atoms with E-state index in [1.54, 1.807) is 21.0 Å². The highest BCUT2D eigenvalue weighted by molar-refractivity contribution is 7.09. The van der Waals surface area contributed by atoms with Crippen molar-refractivity contribution in [2.75, 3.05) is 26.7 Å². The zero-order valence-corrected chi connectivity index (χ0v) is 36.1. The molecule has 5 amide bonds. The molecule has 1 aliphatic heterocycles. The predicted octanol–water partition coefficient (Wildman–Crippen LogP) is 5.56. The van der Waals surface area contributed by atoms with E-state index in [4.69, 9.17) is 4.74 Å². The van der Waals surface area contributed by atoms with Crippen LogP contribution < -0.4 is 16.1 Å². The van der Waals surface area contributed by atoms with Crippen LogP contribution in [0.1, 0.15) is 63.4 Å². The molecule has 59 heavy (non-hydrogen) atoms. The first-order valence-corrected chi connectivity index (χ1v) is 20.7. The molecule has 4 atom stereocenters. The molecule has 4 aromatic rings. The van der Waals surface area contributed by atoms with E-state index >= 15 is 0 Å². The van der Waals surface area contributed by atoms with E-state index in [0.717, 1.165) is 33.1 Å². The molecule has 4 N–H and O–H groups in total. The average molecular weight is 827 g/mol. The zero-order chi connectivity index (χ0) is 42.9. The van der Waals surface area contributed by atoms with Crippen LogP contribution in [-0.2, 0) is 33.8 Å². The Balaban J connectivity index is 1.41. The number of aliphatic hydroxyl groups is 1. The molecule has 2 aromatic heterocycles. The van der Waals surface area contributed by atoms with E-state index in [2.05, 4.69) is 26.0 Å². The maximum Gasteiger partial charge on any atom is 0.407 e. The highest BCUT2D eigenvalue weighted by atomic mass is 32.1. The molecule has 0 radical (unpaired) electrons. The molecular formula is C44H58N8O6S. The standard InChI is InChI=1S/C44H58N8O6S/c1-29-46-33(28-59-29)26-50-22-23-52(42(50)57)38(44(5,6)7)40(55)47-35(24-30-14-10-9-11-15-30)36(53)27-51(49-39(54)37(43(2,3)4)48-41(56)58-8)25-31-17-19-32(20-18-31)34-16-12-13-21-45-34/h9-21,28,35-38,53H,22-27H2,1-8H3,(H,47,55)(H,48,56)(H,49,54)/t35-,36+,37-,38-/m1/s1. The van der Waals surface area contributed by atoms with Crippen LogP contribution >= 0.6 is 11.3 Å². The Labute approximate surface area is 351 Å². The third kappa shape index (κ3) is 12.3. The van der Waals surface area contributed by atoms with E-state index < -0.39 is 53.0 Å². The molecule has 14 nitrogen and oxygen atoms in total. The molecule has 2 aromatic carbocycles. The van der Waals surface area contributed by atoms with Crippen LogP contribution in [-0.4, -0.2) is 105 Å². The van der Waals surface area contributed by atoms with Gasteiger partial charge in [-0.1, -0.05) is 102 Å². The first-order chi connectivity index (χ1) is 27.9. The van der Waals surface area contributed by atoms with Crippen molar-refractivity contribution in [1.82, 2.24) is 40.8 Å². The van der Waals surface area contributed by atoms with Gasteiger partial charge in [-0.2, -0.15) is 0 Å². The fraction of sp³-hybridized carbons (Fsp3) is 0.455. The largest absolute Gasteiger partial charge is 0.453 e. The molecule has 1 fully saturated rings. The van der Waals surface area contributed by atoms with Gasteiger partial charge in [0.1, 0.15) is 12.1 Å². The number of hydrazine groups is 1. The summed E-state index contributed by atoms with van der Waals surface area (Å²) in [4.78, 5) is 67.0. The Kier molecular flexibility index (Phi) is 14.8. The van der Waals surface area contributed by atoms with Gasteiger partial charge >= 0.3 is 12.1 Å². The van der Waals surface area contributed by atoms with Gasteiger partial charge in [-0.15, -0.1) is 11.3 Å². The molecule has 5 rings (SSSR count). The number of amides is 5. The van der Waals surface area contributed by atoms with Crippen LogP contribution in [0.5, 0.6) is 0 Å². The van der Waals surface area contributed by atoms with Gasteiger partial charge in [0.15, 0.2) is 0 Å². The molecule has 316 valence electrons. The van der Waals surface area contributed by atoms with Crippen molar-refractivity contribution in [3.8, 4) is 11.3 Å². The molecule has 0 unspecified atom stereocenters. The molecule has 0 bridgehead atoms. The number of carbonyl (C=O) groups excluding carboxylic acids is 4. The quantitative estimate of drug-likeness (QED) is 0.106. The lowest BCUT2D eigenvalue weighted by Crippen LogP contribution is -2.61. The van der Waals surface area contributed by atoms with E-state index in [1.807, 2.05) is 127 Å². The van der Waals surface area contributed by atoms with Crippen LogP contribution in [0.3, 0.4) is 0 Å². The lowest BCUT2D eigenvalue weighted by molar-refractivity contribution is -0.133. The number of urea groups is 1. The lowest BCUT2D eigenvalue weighted by atomic mass is 9.84. The number of alkyl carbamates (subject to hydrolysis) is 1. The normalized spacial score (nSPS) is 15.4. The Hall–Kier alpha value is -5.38. The zero-order valence-electron chi connectivity index (χ0n) is 35.3. The lowest BCUT2D eigenvalue weighted by Gasteiger charge is -2.38. The minimum Gasteiger partial charge on any atom is -0.453 e. The summed E-state index contributed by atoms with van der Waals surface area (Å²) in [6.07, 6.45) is 0.0251. The first kappa shape index (κ1) is 44.7. The number of ether oxygens (including phenoxy) is 1. The highest BCUT2D eigenvalue weighted by Gasteiger charge is 2.44. The van der Waals surface area contributed by atoms with Crippen molar-refractivity contribution < 1.29 is 29.0 Å². The van der Waals surface area contributed by atoms with E-state index in [0.29, 0.717) is 19.6 Å². The number of hydrogen-bond donors (Lipinski definition) is 4. The number of aromatic nitrogens is 2. The Morgan fingerprint density at radius 3 is 2.19 bits per heavy atom. The van der Waals surface area contributed by atoms with E-state index in [9.17, 15) is 24.3 Å². The predicted molar refractivity (Wildman–Crippen MR) is 228 cm³/mol. The van der Waals surface area contributed by atoms with Crippen LogP contribution in [0.2, 0.25) is 0 Å². The maximum absolute atomic E-state index is 14.5. The van der Waals surface area contributed by atoms with E-state index in [1.165, 1.54) is 18.4 Å². The second-order valence-corrected chi connectivity index (χ2v) is 18.2. The van der Waals surface area contributed by atoms with Crippen molar-refractivity contribution in [1.29, 1.82) is 0 Å². The second-order valence-electron chi connectivity index (χ2n) is 17.1. The second kappa shape index (κ2) is 19.6. The number of rotatable bonds is 16. The van der Waals surface area contributed by atoms with Gasteiger partial charge in [0.2, 0.25) is 5.91 Å². The third-order valence-corrected chi connectivity index (χ3v) is 11.0. The average Bonchev–Trinajstić information content (AvgIpc) is 3.76. The van der Waals surface area contributed by atoms with Gasteiger partial charge in [0.05, 0.1) is 42.2 Å². The van der Waals surface area contributed by atoms with Gasteiger partial charge < -0.3 is 30.3 Å². The highest BCUT2D eigenvalue weighted by Crippen LogP contribution is 2.29. The van der Waals surface area contributed by atoms with Gasteiger partial charge in [-0.3, -0.25) is 20.0 Å². The smallest absolute Gasteiger partial charge is 0.407 e. The van der Waals surface area contributed by atoms with Gasteiger partial charge in [0, 0.05) is 43.3 Å². The Morgan fingerprint density at radius 2 is 1.59 bits per heavy atom. The number of methoxy groups -OCH3 is 1. The number of aliphatic hydroxyl groups excluding tert-OH is 1. The number of aryl methyl sites for hydroxylation is 1. The molecule has 3 heterocycles. The number of nitrogens with one attached hydrogen (secondary N) is 3. The molecule has 15 heteroatoms. The fourth-order valence-electron chi connectivity index (χ4n) is 7.19. The minimum absolute atomic E-state index is 0.107. The van der Waals surface area contributed by atoms with Gasteiger partial charge in [0.25, 0.3) is 5.91 Å².